The Kier molecular flexibility index (Phi) is 3.23. The fraction of sp³-hybridized carbons (Fsp3) is 0.667. The fourth-order valence-electron chi connectivity index (χ4n) is 2.71. The number of thioether (sulfide) groups is 1. The summed E-state index contributed by atoms with van der Waals surface area (Å²) in [6, 6.07) is 0.529. The maximum atomic E-state index is 5.50. The van der Waals surface area contributed by atoms with Gasteiger partial charge in [-0.2, -0.15) is 16.9 Å². The maximum absolute atomic E-state index is 5.50. The molecule has 18 heavy (non-hydrogen) atoms. The van der Waals surface area contributed by atoms with Gasteiger partial charge in [-0.1, -0.05) is 13.3 Å². The highest BCUT2D eigenvalue weighted by Gasteiger charge is 2.23. The van der Waals surface area contributed by atoms with Gasteiger partial charge >= 0.3 is 0 Å². The van der Waals surface area contributed by atoms with E-state index in [9.17, 15) is 0 Å². The van der Waals surface area contributed by atoms with E-state index >= 15 is 0 Å². The van der Waals surface area contributed by atoms with Crippen LogP contribution in [0.1, 0.15) is 31.5 Å². The number of rotatable bonds is 3. The minimum absolute atomic E-state index is 0.529. The van der Waals surface area contributed by atoms with Crippen LogP contribution in [0.5, 0.6) is 0 Å². The van der Waals surface area contributed by atoms with E-state index < -0.39 is 0 Å². The molecule has 1 atom stereocenters. The van der Waals surface area contributed by atoms with Gasteiger partial charge in [0.2, 0.25) is 0 Å². The molecule has 0 amide bonds. The molecule has 0 aliphatic carbocycles. The number of aromatic amines is 1. The molecule has 1 fully saturated rings. The lowest BCUT2D eigenvalue weighted by atomic mass is 10.2. The van der Waals surface area contributed by atoms with Gasteiger partial charge in [0.05, 0.1) is 5.69 Å². The Hall–Kier alpha value is -0.750. The first-order chi connectivity index (χ1) is 8.72. The first-order valence-electron chi connectivity index (χ1n) is 6.46. The fourth-order valence-corrected chi connectivity index (χ4v) is 4.24. The van der Waals surface area contributed by atoms with Crippen LogP contribution in [0.15, 0.2) is 0 Å². The van der Waals surface area contributed by atoms with Crippen LogP contribution in [-0.2, 0) is 13.5 Å². The molecule has 1 aliphatic rings. The Morgan fingerprint density at radius 2 is 2.39 bits per heavy atom. The first-order valence-corrected chi connectivity index (χ1v) is 8.02. The SMILES string of the molecule is CCCc1nn(C)c2c1[nH]c(=S)n2C1CCSC1. The number of nitrogens with zero attached hydrogens (tertiary/aromatic N) is 3. The number of imidazole rings is 1. The van der Waals surface area contributed by atoms with Crippen LogP contribution in [-0.4, -0.2) is 30.8 Å². The van der Waals surface area contributed by atoms with Gasteiger partial charge in [-0.3, -0.25) is 9.25 Å². The second-order valence-electron chi connectivity index (χ2n) is 4.84. The van der Waals surface area contributed by atoms with E-state index in [4.69, 9.17) is 12.2 Å². The largest absolute Gasteiger partial charge is 0.328 e. The van der Waals surface area contributed by atoms with E-state index in [0.717, 1.165) is 40.2 Å². The summed E-state index contributed by atoms with van der Waals surface area (Å²) in [6.07, 6.45) is 3.32. The maximum Gasteiger partial charge on any atom is 0.179 e. The molecule has 4 nitrogen and oxygen atoms in total. The van der Waals surface area contributed by atoms with Crippen molar-refractivity contribution in [2.45, 2.75) is 32.2 Å². The summed E-state index contributed by atoms with van der Waals surface area (Å²) in [5.41, 5.74) is 3.45. The topological polar surface area (TPSA) is 38.5 Å². The van der Waals surface area contributed by atoms with Crippen molar-refractivity contribution in [2.75, 3.05) is 11.5 Å². The number of hydrogen-bond acceptors (Lipinski definition) is 3. The molecule has 1 N–H and O–H groups in total. The van der Waals surface area contributed by atoms with Gasteiger partial charge in [-0.25, -0.2) is 0 Å². The van der Waals surface area contributed by atoms with E-state index in [2.05, 4.69) is 21.6 Å². The quantitative estimate of drug-likeness (QED) is 0.879. The van der Waals surface area contributed by atoms with Gasteiger partial charge in [0.15, 0.2) is 10.4 Å². The number of fused-ring (bicyclic) bond motifs is 1. The summed E-state index contributed by atoms with van der Waals surface area (Å²) in [5.74, 6) is 2.40. The predicted molar refractivity (Wildman–Crippen MR) is 78.9 cm³/mol. The average Bonchev–Trinajstić information content (AvgIpc) is 2.99. The molecule has 0 spiro atoms. The Morgan fingerprint density at radius 1 is 1.56 bits per heavy atom. The Bertz CT molecular complexity index is 616. The van der Waals surface area contributed by atoms with Crippen LogP contribution in [0.25, 0.3) is 11.2 Å². The zero-order chi connectivity index (χ0) is 12.7. The minimum Gasteiger partial charge on any atom is -0.328 e. The summed E-state index contributed by atoms with van der Waals surface area (Å²) in [5, 5.41) is 4.62. The van der Waals surface area contributed by atoms with Crippen molar-refractivity contribution < 1.29 is 0 Å². The summed E-state index contributed by atoms with van der Waals surface area (Å²) in [4.78, 5) is 3.36. The Morgan fingerprint density at radius 3 is 3.06 bits per heavy atom. The smallest absolute Gasteiger partial charge is 0.179 e. The molecular formula is C12H18N4S2. The van der Waals surface area contributed by atoms with E-state index in [-0.39, 0.29) is 0 Å². The molecule has 0 bridgehead atoms. The van der Waals surface area contributed by atoms with Crippen LogP contribution < -0.4 is 0 Å². The number of aromatic nitrogens is 4. The summed E-state index contributed by atoms with van der Waals surface area (Å²) >= 11 is 7.51. The van der Waals surface area contributed by atoms with Crippen molar-refractivity contribution in [1.82, 2.24) is 19.3 Å². The van der Waals surface area contributed by atoms with Crippen LogP contribution in [0, 0.1) is 4.77 Å². The highest BCUT2D eigenvalue weighted by Crippen LogP contribution is 2.31. The molecule has 0 saturated carbocycles. The highest BCUT2D eigenvalue weighted by atomic mass is 32.2. The van der Waals surface area contributed by atoms with E-state index in [1.165, 1.54) is 12.2 Å². The molecule has 3 heterocycles. The lowest BCUT2D eigenvalue weighted by Gasteiger charge is -2.11. The molecule has 98 valence electrons. The number of aryl methyl sites for hydroxylation is 2. The first kappa shape index (κ1) is 12.3. The zero-order valence-electron chi connectivity index (χ0n) is 10.8. The molecule has 0 radical (unpaired) electrons. The second kappa shape index (κ2) is 4.74. The van der Waals surface area contributed by atoms with Gasteiger partial charge in [0.1, 0.15) is 5.52 Å². The third-order valence-corrected chi connectivity index (χ3v) is 4.97. The third-order valence-electron chi connectivity index (χ3n) is 3.53. The monoisotopic (exact) mass is 282 g/mol. The second-order valence-corrected chi connectivity index (χ2v) is 6.37. The van der Waals surface area contributed by atoms with Crippen molar-refractivity contribution in [2.24, 2.45) is 7.05 Å². The van der Waals surface area contributed by atoms with E-state index in [1.54, 1.807) is 0 Å². The normalized spacial score (nSPS) is 20.0. The van der Waals surface area contributed by atoms with Crippen molar-refractivity contribution in [3.63, 3.8) is 0 Å². The van der Waals surface area contributed by atoms with Gasteiger partial charge in [0.25, 0.3) is 0 Å². The number of hydrogen-bond donors (Lipinski definition) is 1. The van der Waals surface area contributed by atoms with Gasteiger partial charge in [-0.15, -0.1) is 0 Å². The van der Waals surface area contributed by atoms with Gasteiger partial charge < -0.3 is 4.98 Å². The third kappa shape index (κ3) is 1.82. The van der Waals surface area contributed by atoms with Crippen molar-refractivity contribution in [3.8, 4) is 0 Å². The Balaban J connectivity index is 2.19. The lowest BCUT2D eigenvalue weighted by molar-refractivity contribution is 0.552. The van der Waals surface area contributed by atoms with Crippen molar-refractivity contribution in [3.05, 3.63) is 10.5 Å². The summed E-state index contributed by atoms with van der Waals surface area (Å²) in [6.45, 7) is 2.18. The molecule has 3 rings (SSSR count). The van der Waals surface area contributed by atoms with E-state index in [1.807, 2.05) is 23.5 Å². The van der Waals surface area contributed by atoms with Crippen LogP contribution in [0.4, 0.5) is 0 Å². The van der Waals surface area contributed by atoms with Gasteiger partial charge in [0, 0.05) is 18.8 Å². The molecule has 1 unspecified atom stereocenters. The molecule has 0 aromatic carbocycles. The van der Waals surface area contributed by atoms with Crippen LogP contribution in [0.3, 0.4) is 0 Å². The average molecular weight is 282 g/mol. The number of H-pyrrole nitrogens is 1. The van der Waals surface area contributed by atoms with Gasteiger partial charge in [-0.05, 0) is 30.8 Å². The number of nitrogens with one attached hydrogen (secondary N) is 1. The molecule has 2 aromatic heterocycles. The summed E-state index contributed by atoms with van der Waals surface area (Å²) in [7, 11) is 2.02. The highest BCUT2D eigenvalue weighted by molar-refractivity contribution is 7.99. The molecule has 1 aliphatic heterocycles. The van der Waals surface area contributed by atoms with Crippen molar-refractivity contribution in [1.29, 1.82) is 0 Å². The molecule has 2 aromatic rings. The van der Waals surface area contributed by atoms with Crippen LogP contribution >= 0.6 is 24.0 Å². The van der Waals surface area contributed by atoms with E-state index in [0.29, 0.717) is 6.04 Å². The predicted octanol–water partition coefficient (Wildman–Crippen LogP) is 3.06. The summed E-state index contributed by atoms with van der Waals surface area (Å²) < 4.78 is 5.11. The Labute approximate surface area is 116 Å². The zero-order valence-corrected chi connectivity index (χ0v) is 12.4. The molecular weight excluding hydrogens is 264 g/mol. The lowest BCUT2D eigenvalue weighted by Crippen LogP contribution is -2.10. The van der Waals surface area contributed by atoms with Crippen LogP contribution in [0.2, 0.25) is 0 Å². The molecule has 6 heteroatoms. The minimum atomic E-state index is 0.529. The van der Waals surface area contributed by atoms with Crippen molar-refractivity contribution >= 4 is 35.1 Å². The standard InChI is InChI=1S/C12H18N4S2/c1-3-4-9-10-11(15(2)14-9)16(12(17)13-10)8-5-6-18-7-8/h8H,3-7H2,1-2H3,(H,13,17). The molecule has 1 saturated heterocycles.